The molecular formula is C10H10O4S. The zero-order chi connectivity index (χ0) is 11.1. The Bertz CT molecular complexity index is 354. The molecule has 0 aliphatic rings. The second-order valence-electron chi connectivity index (χ2n) is 2.72. The van der Waals surface area contributed by atoms with Crippen molar-refractivity contribution in [2.45, 2.75) is 6.42 Å². The number of rotatable bonds is 5. The molecule has 0 fully saturated rings. The van der Waals surface area contributed by atoms with Crippen molar-refractivity contribution in [3.63, 3.8) is 0 Å². The molecule has 15 heavy (non-hydrogen) atoms. The van der Waals surface area contributed by atoms with Gasteiger partial charge in [-0.15, -0.1) is 0 Å². The maximum atomic E-state index is 10.9. The lowest BCUT2D eigenvalue weighted by atomic mass is 10.3. The maximum Gasteiger partial charge on any atom is 0.331 e. The summed E-state index contributed by atoms with van der Waals surface area (Å²) >= 11 is 1.58. The van der Waals surface area contributed by atoms with Gasteiger partial charge in [0.05, 0.1) is 6.61 Å². The average molecular weight is 226 g/mol. The van der Waals surface area contributed by atoms with Crippen molar-refractivity contribution in [3.8, 4) is 0 Å². The zero-order valence-corrected chi connectivity index (χ0v) is 8.70. The first-order chi connectivity index (χ1) is 7.18. The third-order valence-electron chi connectivity index (χ3n) is 1.58. The zero-order valence-electron chi connectivity index (χ0n) is 7.88. The van der Waals surface area contributed by atoms with Crippen molar-refractivity contribution >= 4 is 23.3 Å². The van der Waals surface area contributed by atoms with Crippen LogP contribution in [0.1, 0.15) is 5.56 Å². The Balaban J connectivity index is 2.20. The quantitative estimate of drug-likeness (QED) is 0.610. The van der Waals surface area contributed by atoms with Gasteiger partial charge in [-0.1, -0.05) is 0 Å². The van der Waals surface area contributed by atoms with Crippen LogP contribution in [0.3, 0.4) is 0 Å². The van der Waals surface area contributed by atoms with Gasteiger partial charge in [0.25, 0.3) is 0 Å². The maximum absolute atomic E-state index is 10.9. The molecule has 0 aliphatic heterocycles. The van der Waals surface area contributed by atoms with Crippen molar-refractivity contribution in [3.05, 3.63) is 34.5 Å². The first-order valence-electron chi connectivity index (χ1n) is 4.27. The molecule has 1 aromatic heterocycles. The van der Waals surface area contributed by atoms with Gasteiger partial charge in [-0.25, -0.2) is 9.59 Å². The van der Waals surface area contributed by atoms with Crippen LogP contribution in [0.4, 0.5) is 0 Å². The molecule has 0 aliphatic carbocycles. The summed E-state index contributed by atoms with van der Waals surface area (Å²) in [5.41, 5.74) is 1.11. The molecule has 0 saturated carbocycles. The molecule has 0 radical (unpaired) electrons. The van der Waals surface area contributed by atoms with Crippen molar-refractivity contribution in [2.24, 2.45) is 0 Å². The SMILES string of the molecule is O=C(O)/C=C\C(=O)OCCc1ccsc1. The first-order valence-corrected chi connectivity index (χ1v) is 5.21. The van der Waals surface area contributed by atoms with Crippen LogP contribution < -0.4 is 0 Å². The highest BCUT2D eigenvalue weighted by Crippen LogP contribution is 2.06. The molecule has 1 heterocycles. The third kappa shape index (κ3) is 4.97. The largest absolute Gasteiger partial charge is 0.478 e. The number of hydrogen-bond donors (Lipinski definition) is 1. The molecule has 4 nitrogen and oxygen atoms in total. The minimum Gasteiger partial charge on any atom is -0.478 e. The lowest BCUT2D eigenvalue weighted by Gasteiger charge is -1.99. The molecule has 1 rings (SSSR count). The topological polar surface area (TPSA) is 63.6 Å². The number of carboxylic acids is 1. The normalized spacial score (nSPS) is 10.4. The summed E-state index contributed by atoms with van der Waals surface area (Å²) < 4.78 is 4.78. The Morgan fingerprint density at radius 1 is 1.47 bits per heavy atom. The molecule has 0 bridgehead atoms. The molecule has 0 amide bonds. The summed E-state index contributed by atoms with van der Waals surface area (Å²) in [7, 11) is 0. The third-order valence-corrected chi connectivity index (χ3v) is 2.31. The van der Waals surface area contributed by atoms with Crippen LogP contribution in [0.2, 0.25) is 0 Å². The number of ether oxygens (including phenoxy) is 1. The number of hydrogen-bond acceptors (Lipinski definition) is 4. The molecule has 0 spiro atoms. The van der Waals surface area contributed by atoms with Gasteiger partial charge < -0.3 is 9.84 Å². The fraction of sp³-hybridized carbons (Fsp3) is 0.200. The highest BCUT2D eigenvalue weighted by atomic mass is 32.1. The molecule has 0 aromatic carbocycles. The Labute approximate surface area is 90.8 Å². The number of thiophene rings is 1. The van der Waals surface area contributed by atoms with Gasteiger partial charge in [0, 0.05) is 18.6 Å². The summed E-state index contributed by atoms with van der Waals surface area (Å²) in [4.78, 5) is 21.0. The van der Waals surface area contributed by atoms with Crippen LogP contribution in [0, 0.1) is 0 Å². The van der Waals surface area contributed by atoms with Gasteiger partial charge in [-0.2, -0.15) is 11.3 Å². The van der Waals surface area contributed by atoms with E-state index in [-0.39, 0.29) is 6.61 Å². The monoisotopic (exact) mass is 226 g/mol. The molecule has 0 unspecified atom stereocenters. The molecule has 0 saturated heterocycles. The van der Waals surface area contributed by atoms with Gasteiger partial charge in [0.2, 0.25) is 0 Å². The number of carbonyl (C=O) groups excluding carboxylic acids is 1. The minimum atomic E-state index is -1.16. The van der Waals surface area contributed by atoms with E-state index in [2.05, 4.69) is 0 Å². The Hall–Kier alpha value is -1.62. The summed E-state index contributed by atoms with van der Waals surface area (Å²) in [5, 5.41) is 12.2. The molecule has 80 valence electrons. The van der Waals surface area contributed by atoms with Gasteiger partial charge in [0.15, 0.2) is 0 Å². The summed E-state index contributed by atoms with van der Waals surface area (Å²) in [6.45, 7) is 0.263. The number of carbonyl (C=O) groups is 2. The highest BCUT2D eigenvalue weighted by molar-refractivity contribution is 7.07. The Kier molecular flexibility index (Phi) is 4.56. The van der Waals surface area contributed by atoms with Crippen molar-refractivity contribution < 1.29 is 19.4 Å². The van der Waals surface area contributed by atoms with Crippen LogP contribution in [0.5, 0.6) is 0 Å². The standard InChI is InChI=1S/C10H10O4S/c11-9(12)1-2-10(13)14-5-3-8-4-6-15-7-8/h1-2,4,6-7H,3,5H2,(H,11,12)/b2-1-. The van der Waals surface area contributed by atoms with E-state index in [0.29, 0.717) is 6.42 Å². The van der Waals surface area contributed by atoms with E-state index in [1.165, 1.54) is 0 Å². The van der Waals surface area contributed by atoms with Crippen molar-refractivity contribution in [2.75, 3.05) is 6.61 Å². The van der Waals surface area contributed by atoms with Crippen molar-refractivity contribution in [1.29, 1.82) is 0 Å². The summed E-state index contributed by atoms with van der Waals surface area (Å²) in [6.07, 6.45) is 2.30. The van der Waals surface area contributed by atoms with E-state index >= 15 is 0 Å². The van der Waals surface area contributed by atoms with Crippen LogP contribution in [0.15, 0.2) is 29.0 Å². The van der Waals surface area contributed by atoms with E-state index < -0.39 is 11.9 Å². The van der Waals surface area contributed by atoms with E-state index in [0.717, 1.165) is 17.7 Å². The van der Waals surface area contributed by atoms with E-state index in [1.54, 1.807) is 11.3 Å². The molecule has 1 aromatic rings. The lowest BCUT2D eigenvalue weighted by molar-refractivity contribution is -0.138. The minimum absolute atomic E-state index is 0.263. The summed E-state index contributed by atoms with van der Waals surface area (Å²) in [6, 6.07) is 1.95. The molecule has 5 heteroatoms. The van der Waals surface area contributed by atoms with E-state index in [9.17, 15) is 9.59 Å². The Morgan fingerprint density at radius 2 is 2.27 bits per heavy atom. The van der Waals surface area contributed by atoms with Crippen LogP contribution in [-0.4, -0.2) is 23.7 Å². The second kappa shape index (κ2) is 5.98. The van der Waals surface area contributed by atoms with Crippen LogP contribution in [-0.2, 0) is 20.7 Å². The molecular weight excluding hydrogens is 216 g/mol. The fourth-order valence-corrected chi connectivity index (χ4v) is 1.59. The predicted octanol–water partition coefficient (Wildman–Crippen LogP) is 1.47. The smallest absolute Gasteiger partial charge is 0.331 e. The van der Waals surface area contributed by atoms with Gasteiger partial charge >= 0.3 is 11.9 Å². The fourth-order valence-electron chi connectivity index (χ4n) is 0.892. The first kappa shape index (κ1) is 11.5. The molecule has 1 N–H and O–H groups in total. The van der Waals surface area contributed by atoms with Crippen LogP contribution >= 0.6 is 11.3 Å². The second-order valence-corrected chi connectivity index (χ2v) is 3.50. The van der Waals surface area contributed by atoms with E-state index in [1.807, 2.05) is 16.8 Å². The summed E-state index contributed by atoms with van der Waals surface area (Å²) in [5.74, 6) is -1.79. The molecule has 0 atom stereocenters. The number of esters is 1. The van der Waals surface area contributed by atoms with Gasteiger partial charge in [-0.05, 0) is 22.4 Å². The number of carboxylic acid groups (broad SMARTS) is 1. The Morgan fingerprint density at radius 3 is 2.87 bits per heavy atom. The van der Waals surface area contributed by atoms with E-state index in [4.69, 9.17) is 9.84 Å². The number of aliphatic carboxylic acids is 1. The predicted molar refractivity (Wildman–Crippen MR) is 55.8 cm³/mol. The van der Waals surface area contributed by atoms with Crippen molar-refractivity contribution in [1.82, 2.24) is 0 Å². The van der Waals surface area contributed by atoms with Crippen LogP contribution in [0.25, 0.3) is 0 Å². The average Bonchev–Trinajstić information content (AvgIpc) is 2.67. The van der Waals surface area contributed by atoms with Gasteiger partial charge in [0.1, 0.15) is 0 Å². The highest BCUT2D eigenvalue weighted by Gasteiger charge is 1.99. The lowest BCUT2D eigenvalue weighted by Crippen LogP contribution is -2.05. The van der Waals surface area contributed by atoms with Gasteiger partial charge in [-0.3, -0.25) is 0 Å².